The number of aromatic amines is 1. The molecule has 0 bridgehead atoms. The van der Waals surface area contributed by atoms with Gasteiger partial charge >= 0.3 is 0 Å². The van der Waals surface area contributed by atoms with Gasteiger partial charge in [-0.05, 0) is 12.8 Å². The van der Waals surface area contributed by atoms with Gasteiger partial charge in [-0.1, -0.05) is 22.4 Å². The summed E-state index contributed by atoms with van der Waals surface area (Å²) in [5, 5.41) is 14.1. The van der Waals surface area contributed by atoms with Gasteiger partial charge in [-0.2, -0.15) is 0 Å². The normalized spacial score (nSPS) is 10.2. The number of rotatable bonds is 7. The van der Waals surface area contributed by atoms with Crippen LogP contribution in [0, 0.1) is 10.1 Å². The van der Waals surface area contributed by atoms with Crippen LogP contribution in [0.5, 0.6) is 0 Å². The maximum Gasteiger partial charge on any atom is 0.287 e. The van der Waals surface area contributed by atoms with Crippen molar-refractivity contribution in [1.29, 1.82) is 0 Å². The van der Waals surface area contributed by atoms with Gasteiger partial charge in [-0.3, -0.25) is 14.9 Å². The van der Waals surface area contributed by atoms with Crippen LogP contribution in [0.2, 0.25) is 0 Å². The Bertz CT molecular complexity index is 392. The molecule has 1 amide bonds. The number of alkyl halides is 1. The summed E-state index contributed by atoms with van der Waals surface area (Å²) in [4.78, 5) is 24.0. The summed E-state index contributed by atoms with van der Waals surface area (Å²) in [6.07, 6.45) is 4.22. The summed E-state index contributed by atoms with van der Waals surface area (Å²) in [6, 6.07) is 1.23. The number of H-pyrrole nitrogens is 1. The largest absolute Gasteiger partial charge is 0.351 e. The average molecular weight is 304 g/mol. The lowest BCUT2D eigenvalue weighted by molar-refractivity contribution is -0.384. The highest BCUT2D eigenvalue weighted by atomic mass is 79.9. The highest BCUT2D eigenvalue weighted by molar-refractivity contribution is 9.09. The number of hydrogen-bond donors (Lipinski definition) is 2. The molecule has 0 aliphatic rings. The van der Waals surface area contributed by atoms with Crippen LogP contribution in [-0.2, 0) is 0 Å². The van der Waals surface area contributed by atoms with Gasteiger partial charge in [0, 0.05) is 17.9 Å². The number of halogens is 1. The van der Waals surface area contributed by atoms with Crippen molar-refractivity contribution < 1.29 is 9.72 Å². The molecule has 1 heterocycles. The molecule has 2 N–H and O–H groups in total. The predicted octanol–water partition coefficient (Wildman–Crippen LogP) is 2.22. The molecule has 0 atom stereocenters. The average Bonchev–Trinajstić information content (AvgIpc) is 2.78. The summed E-state index contributed by atoms with van der Waals surface area (Å²) >= 11 is 3.33. The molecule has 0 saturated heterocycles. The standard InChI is InChI=1S/C10H14BrN3O3/c11-4-2-1-3-5-12-10(15)9-6-8(7-13-9)14(16)17/h6-7,13H,1-5H2,(H,12,15). The first-order valence-corrected chi connectivity index (χ1v) is 6.44. The number of nitro groups is 1. The molecule has 0 aliphatic carbocycles. The fourth-order valence-corrected chi connectivity index (χ4v) is 1.71. The van der Waals surface area contributed by atoms with Crippen LogP contribution in [0.1, 0.15) is 29.8 Å². The second-order valence-electron chi connectivity index (χ2n) is 3.53. The van der Waals surface area contributed by atoms with E-state index in [1.54, 1.807) is 0 Å². The van der Waals surface area contributed by atoms with Gasteiger partial charge in [-0.25, -0.2) is 0 Å². The lowest BCUT2D eigenvalue weighted by Gasteiger charge is -2.02. The predicted molar refractivity (Wildman–Crippen MR) is 67.4 cm³/mol. The number of nitrogens with zero attached hydrogens (tertiary/aromatic N) is 1. The first kappa shape index (κ1) is 13.7. The topological polar surface area (TPSA) is 88.0 Å². The fourth-order valence-electron chi connectivity index (χ4n) is 1.31. The summed E-state index contributed by atoms with van der Waals surface area (Å²) in [7, 11) is 0. The van der Waals surface area contributed by atoms with Crippen molar-refractivity contribution in [1.82, 2.24) is 10.3 Å². The molecule has 0 spiro atoms. The third-order valence-electron chi connectivity index (χ3n) is 2.22. The molecular formula is C10H14BrN3O3. The van der Waals surface area contributed by atoms with Gasteiger partial charge in [0.15, 0.2) is 0 Å². The summed E-state index contributed by atoms with van der Waals surface area (Å²) in [6.45, 7) is 0.582. The van der Waals surface area contributed by atoms with E-state index < -0.39 is 4.92 Å². The second kappa shape index (κ2) is 7.05. The summed E-state index contributed by atoms with van der Waals surface area (Å²) in [5.41, 5.74) is 0.117. The van der Waals surface area contributed by atoms with Gasteiger partial charge in [0.1, 0.15) is 5.69 Å². The maximum atomic E-state index is 11.5. The minimum absolute atomic E-state index is 0.102. The third-order valence-corrected chi connectivity index (χ3v) is 2.78. The minimum atomic E-state index is -0.538. The Balaban J connectivity index is 2.34. The molecule has 7 heteroatoms. The third kappa shape index (κ3) is 4.56. The van der Waals surface area contributed by atoms with Gasteiger partial charge in [0.05, 0.1) is 11.1 Å². The van der Waals surface area contributed by atoms with Crippen molar-refractivity contribution in [2.24, 2.45) is 0 Å². The van der Waals surface area contributed by atoms with Crippen molar-refractivity contribution in [2.75, 3.05) is 11.9 Å². The first-order valence-electron chi connectivity index (χ1n) is 5.32. The van der Waals surface area contributed by atoms with E-state index >= 15 is 0 Å². The molecule has 0 saturated carbocycles. The summed E-state index contributed by atoms with van der Waals surface area (Å²) in [5.74, 6) is -0.308. The number of unbranched alkanes of at least 4 members (excludes halogenated alkanes) is 2. The Hall–Kier alpha value is -1.37. The Morgan fingerprint density at radius 3 is 2.82 bits per heavy atom. The number of hydrogen-bond acceptors (Lipinski definition) is 3. The molecule has 0 aliphatic heterocycles. The van der Waals surface area contributed by atoms with Crippen molar-refractivity contribution in [3.63, 3.8) is 0 Å². The van der Waals surface area contributed by atoms with Crippen LogP contribution in [0.25, 0.3) is 0 Å². The van der Waals surface area contributed by atoms with Gasteiger partial charge in [-0.15, -0.1) is 0 Å². The molecule has 0 fully saturated rings. The van der Waals surface area contributed by atoms with Crippen LogP contribution in [-0.4, -0.2) is 27.7 Å². The van der Waals surface area contributed by atoms with Crippen LogP contribution in [0.4, 0.5) is 5.69 Å². The lowest BCUT2D eigenvalue weighted by Crippen LogP contribution is -2.24. The Labute approximate surface area is 107 Å². The van der Waals surface area contributed by atoms with Crippen molar-refractivity contribution >= 4 is 27.5 Å². The number of amides is 1. The number of aromatic nitrogens is 1. The van der Waals surface area contributed by atoms with E-state index in [1.807, 2.05) is 0 Å². The molecule has 1 aromatic rings. The maximum absolute atomic E-state index is 11.5. The lowest BCUT2D eigenvalue weighted by atomic mass is 10.2. The van der Waals surface area contributed by atoms with Gasteiger partial charge < -0.3 is 10.3 Å². The SMILES string of the molecule is O=C(NCCCCCBr)c1cc([N+](=O)[O-])c[nH]1. The van der Waals surface area contributed by atoms with E-state index in [0.29, 0.717) is 6.54 Å². The van der Waals surface area contributed by atoms with Crippen molar-refractivity contribution in [3.8, 4) is 0 Å². The number of carbonyl (C=O) groups excluding carboxylic acids is 1. The Morgan fingerprint density at radius 1 is 1.47 bits per heavy atom. The molecule has 0 radical (unpaired) electrons. The highest BCUT2D eigenvalue weighted by Gasteiger charge is 2.13. The van der Waals surface area contributed by atoms with E-state index in [-0.39, 0.29) is 17.3 Å². The quantitative estimate of drug-likeness (QED) is 0.350. The molecular weight excluding hydrogens is 290 g/mol. The monoisotopic (exact) mass is 303 g/mol. The summed E-state index contributed by atoms with van der Waals surface area (Å²) < 4.78 is 0. The van der Waals surface area contributed by atoms with Crippen LogP contribution >= 0.6 is 15.9 Å². The van der Waals surface area contributed by atoms with E-state index in [2.05, 4.69) is 26.2 Å². The molecule has 0 aromatic carbocycles. The van der Waals surface area contributed by atoms with Gasteiger partial charge in [0.25, 0.3) is 11.6 Å². The molecule has 0 unspecified atom stereocenters. The molecule has 17 heavy (non-hydrogen) atoms. The van der Waals surface area contributed by atoms with Gasteiger partial charge in [0.2, 0.25) is 0 Å². The number of nitrogens with one attached hydrogen (secondary N) is 2. The second-order valence-corrected chi connectivity index (χ2v) is 4.33. The number of carbonyl (C=O) groups is 1. The highest BCUT2D eigenvalue weighted by Crippen LogP contribution is 2.11. The van der Waals surface area contributed by atoms with E-state index in [0.717, 1.165) is 24.6 Å². The molecule has 1 aromatic heterocycles. The zero-order chi connectivity index (χ0) is 12.7. The van der Waals surface area contributed by atoms with E-state index in [9.17, 15) is 14.9 Å². The van der Waals surface area contributed by atoms with Crippen LogP contribution in [0.15, 0.2) is 12.3 Å². The Morgan fingerprint density at radius 2 is 2.24 bits per heavy atom. The smallest absolute Gasteiger partial charge is 0.287 e. The van der Waals surface area contributed by atoms with E-state index in [1.165, 1.54) is 12.3 Å². The molecule has 94 valence electrons. The van der Waals surface area contributed by atoms with Crippen molar-refractivity contribution in [2.45, 2.75) is 19.3 Å². The molecule has 1 rings (SSSR count). The van der Waals surface area contributed by atoms with E-state index in [4.69, 9.17) is 0 Å². The Kier molecular flexibility index (Phi) is 5.68. The van der Waals surface area contributed by atoms with Crippen LogP contribution in [0.3, 0.4) is 0 Å². The minimum Gasteiger partial charge on any atom is -0.351 e. The zero-order valence-electron chi connectivity index (χ0n) is 9.24. The van der Waals surface area contributed by atoms with Crippen molar-refractivity contribution in [3.05, 3.63) is 28.1 Å². The molecule has 6 nitrogen and oxygen atoms in total. The first-order chi connectivity index (χ1) is 8.15. The fraction of sp³-hybridized carbons (Fsp3) is 0.500. The zero-order valence-corrected chi connectivity index (χ0v) is 10.8. The van der Waals surface area contributed by atoms with Crippen LogP contribution < -0.4 is 5.32 Å².